The summed E-state index contributed by atoms with van der Waals surface area (Å²) in [7, 11) is 0. The van der Waals surface area contributed by atoms with E-state index in [2.05, 4.69) is 4.99 Å². The molecule has 86 valence electrons. The van der Waals surface area contributed by atoms with Crippen LogP contribution in [0.1, 0.15) is 0 Å². The van der Waals surface area contributed by atoms with Crippen molar-refractivity contribution in [2.75, 3.05) is 5.88 Å². The number of hydrogen-bond acceptors (Lipinski definition) is 4. The van der Waals surface area contributed by atoms with Gasteiger partial charge in [-0.15, -0.1) is 11.6 Å². The largest absolute Gasteiger partial charge is 0.504 e. The van der Waals surface area contributed by atoms with Gasteiger partial charge in [0.05, 0.1) is 15.8 Å². The Hall–Kier alpha value is -1.53. The number of nitrogens with two attached hydrogens (primary N) is 1. The number of nitro groups is 1. The normalized spacial score (nSPS) is 11.5. The molecular formula is C8H7Cl2N3O3. The minimum atomic E-state index is -0.652. The van der Waals surface area contributed by atoms with E-state index in [1.165, 1.54) is 0 Å². The average molecular weight is 264 g/mol. The molecule has 0 amide bonds. The molecule has 0 aliphatic heterocycles. The second kappa shape index (κ2) is 5.00. The van der Waals surface area contributed by atoms with Gasteiger partial charge in [-0.1, -0.05) is 11.6 Å². The quantitative estimate of drug-likeness (QED) is 0.287. The van der Waals surface area contributed by atoms with Crippen molar-refractivity contribution in [1.82, 2.24) is 0 Å². The SMILES string of the molecule is NC(CCl)=Nc1cc([N+](=O)[O-])cc(Cl)c1O. The number of aromatic hydroxyl groups is 1. The molecule has 0 heterocycles. The van der Waals surface area contributed by atoms with Gasteiger partial charge in [0.1, 0.15) is 11.5 Å². The zero-order chi connectivity index (χ0) is 12.3. The molecule has 0 aliphatic rings. The number of alkyl halides is 1. The number of non-ortho nitro benzene ring substituents is 1. The first-order valence-electron chi connectivity index (χ1n) is 4.01. The molecule has 0 fully saturated rings. The smallest absolute Gasteiger partial charge is 0.273 e. The molecule has 0 spiro atoms. The van der Waals surface area contributed by atoms with Gasteiger partial charge in [0.15, 0.2) is 5.75 Å². The number of rotatable bonds is 3. The van der Waals surface area contributed by atoms with E-state index in [0.717, 1.165) is 12.1 Å². The Labute approximate surface area is 100 Å². The molecule has 0 atom stereocenters. The Morgan fingerprint density at radius 3 is 2.75 bits per heavy atom. The number of aliphatic imine (C=N–C) groups is 1. The molecule has 0 saturated carbocycles. The number of halogens is 2. The van der Waals surface area contributed by atoms with Crippen LogP contribution in [0.15, 0.2) is 17.1 Å². The van der Waals surface area contributed by atoms with Crippen LogP contribution < -0.4 is 5.73 Å². The van der Waals surface area contributed by atoms with Crippen LogP contribution in [0.2, 0.25) is 5.02 Å². The lowest BCUT2D eigenvalue weighted by Crippen LogP contribution is -2.12. The monoisotopic (exact) mass is 263 g/mol. The Morgan fingerprint density at radius 2 is 2.25 bits per heavy atom. The van der Waals surface area contributed by atoms with E-state index >= 15 is 0 Å². The highest BCUT2D eigenvalue weighted by atomic mass is 35.5. The summed E-state index contributed by atoms with van der Waals surface area (Å²) < 4.78 is 0. The molecular weight excluding hydrogens is 257 g/mol. The molecule has 1 aromatic carbocycles. The van der Waals surface area contributed by atoms with Gasteiger partial charge in [-0.25, -0.2) is 4.99 Å². The van der Waals surface area contributed by atoms with Crippen LogP contribution in [0.4, 0.5) is 11.4 Å². The standard InChI is InChI=1S/C8H7Cl2N3O3/c9-3-7(11)12-6-2-4(13(15)16)1-5(10)8(6)14/h1-2,14H,3H2,(H2,11,12). The molecule has 0 bridgehead atoms. The van der Waals surface area contributed by atoms with Crippen LogP contribution in [0, 0.1) is 10.1 Å². The van der Waals surface area contributed by atoms with E-state index in [4.69, 9.17) is 28.9 Å². The van der Waals surface area contributed by atoms with Crippen molar-refractivity contribution in [3.05, 3.63) is 27.3 Å². The summed E-state index contributed by atoms with van der Waals surface area (Å²) in [5, 5.41) is 19.8. The van der Waals surface area contributed by atoms with E-state index in [-0.39, 0.29) is 33.9 Å². The van der Waals surface area contributed by atoms with Crippen LogP contribution in [0.3, 0.4) is 0 Å². The number of nitrogens with zero attached hydrogens (tertiary/aromatic N) is 2. The first-order chi connectivity index (χ1) is 7.45. The predicted molar refractivity (Wildman–Crippen MR) is 61.8 cm³/mol. The number of benzene rings is 1. The van der Waals surface area contributed by atoms with E-state index < -0.39 is 4.92 Å². The summed E-state index contributed by atoms with van der Waals surface area (Å²) in [5.41, 5.74) is 4.97. The highest BCUT2D eigenvalue weighted by Crippen LogP contribution is 2.37. The fourth-order valence-corrected chi connectivity index (χ4v) is 1.21. The van der Waals surface area contributed by atoms with Crippen LogP contribution >= 0.6 is 23.2 Å². The molecule has 16 heavy (non-hydrogen) atoms. The summed E-state index contributed by atoms with van der Waals surface area (Å²) in [4.78, 5) is 13.6. The van der Waals surface area contributed by atoms with Crippen molar-refractivity contribution in [3.63, 3.8) is 0 Å². The summed E-state index contributed by atoms with van der Waals surface area (Å²) in [6, 6.07) is 2.08. The average Bonchev–Trinajstić information content (AvgIpc) is 2.23. The molecule has 0 aromatic heterocycles. The lowest BCUT2D eigenvalue weighted by molar-refractivity contribution is -0.384. The Balaban J connectivity index is 3.32. The van der Waals surface area contributed by atoms with Crippen LogP contribution in [-0.2, 0) is 0 Å². The molecule has 1 rings (SSSR count). The van der Waals surface area contributed by atoms with Crippen molar-refractivity contribution >= 4 is 40.4 Å². The molecule has 0 aliphatic carbocycles. The molecule has 1 aromatic rings. The van der Waals surface area contributed by atoms with Crippen molar-refractivity contribution in [2.45, 2.75) is 0 Å². The summed E-state index contributed by atoms with van der Waals surface area (Å²) in [6.07, 6.45) is 0. The minimum Gasteiger partial charge on any atom is -0.504 e. The molecule has 8 heteroatoms. The fraction of sp³-hybridized carbons (Fsp3) is 0.125. The number of amidine groups is 1. The predicted octanol–water partition coefficient (Wildman–Crippen LogP) is 2.18. The van der Waals surface area contributed by atoms with E-state index in [1.54, 1.807) is 0 Å². The third-order valence-corrected chi connectivity index (χ3v) is 2.20. The van der Waals surface area contributed by atoms with Crippen LogP contribution in [0.25, 0.3) is 0 Å². The lowest BCUT2D eigenvalue weighted by atomic mass is 10.2. The molecule has 6 nitrogen and oxygen atoms in total. The topological polar surface area (TPSA) is 102 Å². The Kier molecular flexibility index (Phi) is 3.92. The van der Waals surface area contributed by atoms with E-state index in [1.807, 2.05) is 0 Å². The summed E-state index contributed by atoms with van der Waals surface area (Å²) in [5.74, 6) is -0.409. The van der Waals surface area contributed by atoms with Crippen LogP contribution in [0.5, 0.6) is 5.75 Å². The van der Waals surface area contributed by atoms with Crippen molar-refractivity contribution in [3.8, 4) is 5.75 Å². The first-order valence-corrected chi connectivity index (χ1v) is 4.93. The van der Waals surface area contributed by atoms with Gasteiger partial charge in [0, 0.05) is 12.1 Å². The van der Waals surface area contributed by atoms with Crippen molar-refractivity contribution in [2.24, 2.45) is 10.7 Å². The maximum atomic E-state index is 10.5. The van der Waals surface area contributed by atoms with Crippen molar-refractivity contribution in [1.29, 1.82) is 0 Å². The van der Waals surface area contributed by atoms with Gasteiger partial charge in [-0.05, 0) is 0 Å². The number of hydrogen-bond donors (Lipinski definition) is 2. The third kappa shape index (κ3) is 2.74. The Bertz CT molecular complexity index is 462. The second-order valence-electron chi connectivity index (χ2n) is 2.79. The van der Waals surface area contributed by atoms with Gasteiger partial charge in [-0.3, -0.25) is 10.1 Å². The van der Waals surface area contributed by atoms with Gasteiger partial charge in [0.25, 0.3) is 5.69 Å². The number of nitro benzene ring substituents is 1. The number of phenolic OH excluding ortho intramolecular Hbond substituents is 1. The fourth-order valence-electron chi connectivity index (χ4n) is 0.946. The molecule has 0 radical (unpaired) electrons. The summed E-state index contributed by atoms with van der Waals surface area (Å²) in [6.45, 7) is 0. The first kappa shape index (κ1) is 12.5. The molecule has 0 saturated heterocycles. The maximum absolute atomic E-state index is 10.5. The second-order valence-corrected chi connectivity index (χ2v) is 3.46. The van der Waals surface area contributed by atoms with Crippen LogP contribution in [-0.4, -0.2) is 21.7 Å². The third-order valence-electron chi connectivity index (χ3n) is 1.64. The Morgan fingerprint density at radius 1 is 1.62 bits per heavy atom. The van der Waals surface area contributed by atoms with Gasteiger partial charge in [-0.2, -0.15) is 0 Å². The van der Waals surface area contributed by atoms with E-state index in [0.29, 0.717) is 0 Å². The highest BCUT2D eigenvalue weighted by molar-refractivity contribution is 6.32. The summed E-state index contributed by atoms with van der Waals surface area (Å²) >= 11 is 11.0. The number of phenols is 1. The van der Waals surface area contributed by atoms with Gasteiger partial charge >= 0.3 is 0 Å². The molecule has 3 N–H and O–H groups in total. The van der Waals surface area contributed by atoms with E-state index in [9.17, 15) is 15.2 Å². The van der Waals surface area contributed by atoms with Gasteiger partial charge in [0.2, 0.25) is 0 Å². The van der Waals surface area contributed by atoms with Crippen molar-refractivity contribution < 1.29 is 10.0 Å². The lowest BCUT2D eigenvalue weighted by Gasteiger charge is -2.02. The zero-order valence-electron chi connectivity index (χ0n) is 7.85. The highest BCUT2D eigenvalue weighted by Gasteiger charge is 2.14. The van der Waals surface area contributed by atoms with Gasteiger partial charge < -0.3 is 10.8 Å². The molecule has 0 unspecified atom stereocenters. The maximum Gasteiger partial charge on any atom is 0.273 e. The minimum absolute atomic E-state index is 0.0218. The zero-order valence-corrected chi connectivity index (χ0v) is 9.37.